The van der Waals surface area contributed by atoms with Crippen LogP contribution in [-0.4, -0.2) is 11.6 Å². The molecular formula is C15H19N3O. The molecule has 0 fully saturated rings. The predicted octanol–water partition coefficient (Wildman–Crippen LogP) is 2.55. The van der Waals surface area contributed by atoms with Crippen LogP contribution in [0.15, 0.2) is 42.5 Å². The number of anilines is 1. The number of benzene rings is 1. The lowest BCUT2D eigenvalue weighted by Gasteiger charge is -2.08. The molecule has 2 rings (SSSR count). The molecule has 0 unspecified atom stereocenters. The summed E-state index contributed by atoms with van der Waals surface area (Å²) in [4.78, 5) is 4.36. The zero-order valence-corrected chi connectivity index (χ0v) is 11.1. The molecule has 0 aliphatic rings. The number of hydrogen-bond acceptors (Lipinski definition) is 4. The number of nitrogens with zero attached hydrogens (tertiary/aromatic N) is 1. The summed E-state index contributed by atoms with van der Waals surface area (Å²) in [7, 11) is 0. The first-order valence-corrected chi connectivity index (χ1v) is 6.43. The van der Waals surface area contributed by atoms with Gasteiger partial charge < -0.3 is 15.8 Å². The minimum absolute atomic E-state index is 0.575. The molecule has 1 aromatic carbocycles. The maximum absolute atomic E-state index is 5.57. The topological polar surface area (TPSA) is 60.2 Å². The molecule has 0 spiro atoms. The second-order valence-corrected chi connectivity index (χ2v) is 4.17. The van der Waals surface area contributed by atoms with Crippen LogP contribution in [0.3, 0.4) is 0 Å². The smallest absolute Gasteiger partial charge is 0.215 e. The van der Waals surface area contributed by atoms with E-state index >= 15 is 0 Å². The van der Waals surface area contributed by atoms with Crippen LogP contribution in [0.1, 0.15) is 18.1 Å². The van der Waals surface area contributed by atoms with Gasteiger partial charge in [-0.15, -0.1) is 0 Å². The molecule has 4 heteroatoms. The van der Waals surface area contributed by atoms with Gasteiger partial charge in [0, 0.05) is 19.2 Å². The summed E-state index contributed by atoms with van der Waals surface area (Å²) in [5.74, 6) is 1.46. The summed E-state index contributed by atoms with van der Waals surface area (Å²) >= 11 is 0. The minimum atomic E-state index is 0.575. The van der Waals surface area contributed by atoms with E-state index < -0.39 is 0 Å². The standard InChI is InChI=1S/C15H19N3O/c1-2-19-15-5-3-4-14(18-15)17-11-13-8-6-12(10-16)7-9-13/h3-9H,2,10-11,16H2,1H3,(H,17,18). The van der Waals surface area contributed by atoms with Gasteiger partial charge in [0.2, 0.25) is 5.88 Å². The average Bonchev–Trinajstić information content (AvgIpc) is 2.46. The quantitative estimate of drug-likeness (QED) is 0.835. The zero-order valence-electron chi connectivity index (χ0n) is 11.1. The van der Waals surface area contributed by atoms with Gasteiger partial charge in [-0.05, 0) is 24.1 Å². The third-order valence-electron chi connectivity index (χ3n) is 2.75. The number of ether oxygens (including phenoxy) is 1. The summed E-state index contributed by atoms with van der Waals surface area (Å²) in [6, 6.07) is 13.9. The van der Waals surface area contributed by atoms with Crippen LogP contribution in [0.2, 0.25) is 0 Å². The second kappa shape index (κ2) is 6.75. The molecule has 0 aliphatic heterocycles. The van der Waals surface area contributed by atoms with Crippen LogP contribution < -0.4 is 15.8 Å². The summed E-state index contributed by atoms with van der Waals surface area (Å²) in [5, 5.41) is 3.27. The largest absolute Gasteiger partial charge is 0.478 e. The predicted molar refractivity (Wildman–Crippen MR) is 77.1 cm³/mol. The van der Waals surface area contributed by atoms with Crippen molar-refractivity contribution in [1.29, 1.82) is 0 Å². The summed E-state index contributed by atoms with van der Waals surface area (Å²) in [6.07, 6.45) is 0. The van der Waals surface area contributed by atoms with Crippen molar-refractivity contribution in [2.75, 3.05) is 11.9 Å². The van der Waals surface area contributed by atoms with E-state index in [1.54, 1.807) is 0 Å². The first kappa shape index (κ1) is 13.4. The van der Waals surface area contributed by atoms with Crippen molar-refractivity contribution in [3.63, 3.8) is 0 Å². The lowest BCUT2D eigenvalue weighted by molar-refractivity contribution is 0.327. The highest BCUT2D eigenvalue weighted by molar-refractivity contribution is 5.38. The Labute approximate surface area is 113 Å². The van der Waals surface area contributed by atoms with Gasteiger partial charge in [-0.1, -0.05) is 30.3 Å². The van der Waals surface area contributed by atoms with E-state index in [1.165, 1.54) is 5.56 Å². The van der Waals surface area contributed by atoms with Crippen LogP contribution in [0.5, 0.6) is 5.88 Å². The monoisotopic (exact) mass is 257 g/mol. The van der Waals surface area contributed by atoms with E-state index in [-0.39, 0.29) is 0 Å². The molecule has 0 saturated carbocycles. The molecule has 1 heterocycles. The maximum Gasteiger partial charge on any atom is 0.215 e. The number of aromatic nitrogens is 1. The Balaban J connectivity index is 1.95. The van der Waals surface area contributed by atoms with Gasteiger partial charge in [0.05, 0.1) is 6.61 Å². The third kappa shape index (κ3) is 3.96. The van der Waals surface area contributed by atoms with Crippen molar-refractivity contribution >= 4 is 5.82 Å². The first-order valence-electron chi connectivity index (χ1n) is 6.43. The van der Waals surface area contributed by atoms with Gasteiger partial charge in [0.15, 0.2) is 0 Å². The van der Waals surface area contributed by atoms with Crippen molar-refractivity contribution in [2.45, 2.75) is 20.0 Å². The Morgan fingerprint density at radius 1 is 1.11 bits per heavy atom. The average molecular weight is 257 g/mol. The van der Waals surface area contributed by atoms with E-state index in [0.717, 1.165) is 17.9 Å². The zero-order chi connectivity index (χ0) is 13.5. The lowest BCUT2D eigenvalue weighted by atomic mass is 10.1. The fraction of sp³-hybridized carbons (Fsp3) is 0.267. The van der Waals surface area contributed by atoms with Crippen LogP contribution in [0.25, 0.3) is 0 Å². The second-order valence-electron chi connectivity index (χ2n) is 4.17. The molecule has 19 heavy (non-hydrogen) atoms. The summed E-state index contributed by atoms with van der Waals surface area (Å²) < 4.78 is 5.36. The normalized spacial score (nSPS) is 10.2. The Kier molecular flexibility index (Phi) is 4.75. The molecule has 0 saturated heterocycles. The summed E-state index contributed by atoms with van der Waals surface area (Å²) in [5.41, 5.74) is 7.90. The van der Waals surface area contributed by atoms with E-state index in [4.69, 9.17) is 10.5 Å². The number of pyridine rings is 1. The summed E-state index contributed by atoms with van der Waals surface area (Å²) in [6.45, 7) is 3.87. The van der Waals surface area contributed by atoms with Crippen molar-refractivity contribution in [2.24, 2.45) is 5.73 Å². The molecule has 100 valence electrons. The molecular weight excluding hydrogens is 238 g/mol. The number of hydrogen-bond donors (Lipinski definition) is 2. The van der Waals surface area contributed by atoms with Crippen LogP contribution in [0.4, 0.5) is 5.82 Å². The number of rotatable bonds is 6. The highest BCUT2D eigenvalue weighted by Crippen LogP contribution is 2.12. The van der Waals surface area contributed by atoms with Crippen LogP contribution in [0, 0.1) is 0 Å². The molecule has 0 bridgehead atoms. The van der Waals surface area contributed by atoms with Gasteiger partial charge in [0.25, 0.3) is 0 Å². The van der Waals surface area contributed by atoms with E-state index in [9.17, 15) is 0 Å². The van der Waals surface area contributed by atoms with Crippen molar-refractivity contribution in [3.05, 3.63) is 53.6 Å². The molecule has 0 radical (unpaired) electrons. The van der Waals surface area contributed by atoms with Crippen LogP contribution in [-0.2, 0) is 13.1 Å². The van der Waals surface area contributed by atoms with Crippen molar-refractivity contribution < 1.29 is 4.74 Å². The Hall–Kier alpha value is -2.07. The Bertz CT molecular complexity index is 511. The fourth-order valence-corrected chi connectivity index (χ4v) is 1.73. The molecule has 2 aromatic rings. The minimum Gasteiger partial charge on any atom is -0.478 e. The molecule has 0 amide bonds. The molecule has 3 N–H and O–H groups in total. The van der Waals surface area contributed by atoms with Crippen LogP contribution >= 0.6 is 0 Å². The Morgan fingerprint density at radius 2 is 1.84 bits per heavy atom. The SMILES string of the molecule is CCOc1cccc(NCc2ccc(CN)cc2)n1. The molecule has 0 atom stereocenters. The van der Waals surface area contributed by atoms with Crippen molar-refractivity contribution in [1.82, 2.24) is 4.98 Å². The van der Waals surface area contributed by atoms with Gasteiger partial charge in [-0.25, -0.2) is 0 Å². The fourth-order valence-electron chi connectivity index (χ4n) is 1.73. The van der Waals surface area contributed by atoms with Crippen molar-refractivity contribution in [3.8, 4) is 5.88 Å². The van der Waals surface area contributed by atoms with E-state index in [1.807, 2.05) is 37.3 Å². The van der Waals surface area contributed by atoms with E-state index in [2.05, 4.69) is 22.4 Å². The lowest BCUT2D eigenvalue weighted by Crippen LogP contribution is -2.03. The first-order chi connectivity index (χ1) is 9.31. The Morgan fingerprint density at radius 3 is 2.53 bits per heavy atom. The van der Waals surface area contributed by atoms with Gasteiger partial charge in [-0.3, -0.25) is 0 Å². The molecule has 4 nitrogen and oxygen atoms in total. The third-order valence-corrected chi connectivity index (χ3v) is 2.75. The highest BCUT2D eigenvalue weighted by Gasteiger charge is 1.98. The van der Waals surface area contributed by atoms with E-state index in [0.29, 0.717) is 19.0 Å². The molecule has 0 aliphatic carbocycles. The highest BCUT2D eigenvalue weighted by atomic mass is 16.5. The van der Waals surface area contributed by atoms with Gasteiger partial charge >= 0.3 is 0 Å². The number of nitrogens with two attached hydrogens (primary N) is 1. The maximum atomic E-state index is 5.57. The van der Waals surface area contributed by atoms with Gasteiger partial charge in [0.1, 0.15) is 5.82 Å². The molecule has 1 aromatic heterocycles. The van der Waals surface area contributed by atoms with Gasteiger partial charge in [-0.2, -0.15) is 4.98 Å². The number of nitrogens with one attached hydrogen (secondary N) is 1.